The predicted octanol–water partition coefficient (Wildman–Crippen LogP) is 1.28. The molecule has 0 spiro atoms. The van der Waals surface area contributed by atoms with Gasteiger partial charge >= 0.3 is 5.97 Å². The summed E-state index contributed by atoms with van der Waals surface area (Å²) in [6.07, 6.45) is 2.67. The van der Waals surface area contributed by atoms with Gasteiger partial charge in [-0.05, 0) is 26.2 Å². The molecule has 0 unspecified atom stereocenters. The molecule has 0 aromatic rings. The molecule has 0 radical (unpaired) electrons. The maximum atomic E-state index is 10.9. The third-order valence-corrected chi connectivity index (χ3v) is 1.89. The van der Waals surface area contributed by atoms with Gasteiger partial charge in [-0.15, -0.1) is 10.1 Å². The Hall–Kier alpha value is -1.66. The van der Waals surface area contributed by atoms with Crippen LogP contribution in [-0.4, -0.2) is 30.1 Å². The zero-order valence-electron chi connectivity index (χ0n) is 9.85. The standard InChI is InChI=1S/C10H17NO6/c1-9(12)8-10(13)16-6-4-2-3-5-7-17-11(14)15/h2-8H2,1H3. The molecule has 0 saturated heterocycles. The van der Waals surface area contributed by atoms with Gasteiger partial charge in [-0.2, -0.15) is 0 Å². The zero-order chi connectivity index (χ0) is 13.1. The summed E-state index contributed by atoms with van der Waals surface area (Å²) in [5.74, 6) is -0.721. The van der Waals surface area contributed by atoms with Crippen molar-refractivity contribution in [3.63, 3.8) is 0 Å². The van der Waals surface area contributed by atoms with Crippen LogP contribution in [0.25, 0.3) is 0 Å². The first-order valence-electron chi connectivity index (χ1n) is 5.44. The number of carbonyl (C=O) groups excluding carboxylic acids is 2. The van der Waals surface area contributed by atoms with E-state index in [4.69, 9.17) is 4.74 Å². The minimum absolute atomic E-state index is 0.0944. The van der Waals surface area contributed by atoms with E-state index in [0.29, 0.717) is 12.8 Å². The Morgan fingerprint density at radius 3 is 2.24 bits per heavy atom. The van der Waals surface area contributed by atoms with E-state index in [9.17, 15) is 19.7 Å². The van der Waals surface area contributed by atoms with Crippen LogP contribution in [0.1, 0.15) is 39.0 Å². The second-order valence-corrected chi connectivity index (χ2v) is 3.57. The molecule has 0 bridgehead atoms. The Morgan fingerprint density at radius 2 is 1.71 bits per heavy atom. The highest BCUT2D eigenvalue weighted by Gasteiger charge is 2.05. The van der Waals surface area contributed by atoms with Gasteiger partial charge in [0.25, 0.3) is 5.09 Å². The van der Waals surface area contributed by atoms with Crippen LogP contribution in [0.5, 0.6) is 0 Å². The van der Waals surface area contributed by atoms with E-state index in [1.807, 2.05) is 0 Å². The molecule has 0 amide bonds. The van der Waals surface area contributed by atoms with E-state index >= 15 is 0 Å². The SMILES string of the molecule is CC(=O)CC(=O)OCCCCCCO[N+](=O)[O-]. The molecule has 17 heavy (non-hydrogen) atoms. The second kappa shape index (κ2) is 9.56. The second-order valence-electron chi connectivity index (χ2n) is 3.57. The number of nitrogens with zero attached hydrogens (tertiary/aromatic N) is 1. The van der Waals surface area contributed by atoms with Crippen molar-refractivity contribution >= 4 is 11.8 Å². The lowest BCUT2D eigenvalue weighted by Crippen LogP contribution is -2.09. The number of carbonyl (C=O) groups is 2. The van der Waals surface area contributed by atoms with Gasteiger partial charge in [0.15, 0.2) is 0 Å². The summed E-state index contributed by atoms with van der Waals surface area (Å²) in [5, 5.41) is 8.98. The fourth-order valence-electron chi connectivity index (χ4n) is 1.14. The first-order valence-corrected chi connectivity index (χ1v) is 5.44. The van der Waals surface area contributed by atoms with Gasteiger partial charge in [0.2, 0.25) is 0 Å². The van der Waals surface area contributed by atoms with Crippen molar-refractivity contribution in [2.75, 3.05) is 13.2 Å². The molecule has 0 saturated carbocycles. The molecule has 0 N–H and O–H groups in total. The average molecular weight is 247 g/mol. The van der Waals surface area contributed by atoms with E-state index in [-0.39, 0.29) is 25.4 Å². The zero-order valence-corrected chi connectivity index (χ0v) is 9.85. The lowest BCUT2D eigenvalue weighted by molar-refractivity contribution is -0.757. The summed E-state index contributed by atoms with van der Waals surface area (Å²) in [6, 6.07) is 0. The van der Waals surface area contributed by atoms with Crippen LogP contribution in [0, 0.1) is 10.1 Å². The lowest BCUT2D eigenvalue weighted by atomic mass is 10.2. The molecule has 0 aliphatic heterocycles. The lowest BCUT2D eigenvalue weighted by Gasteiger charge is -2.03. The number of Topliss-reactive ketones (excluding diaryl/α,β-unsaturated/α-hetero) is 1. The number of ether oxygens (including phenoxy) is 1. The molecule has 0 aromatic heterocycles. The van der Waals surface area contributed by atoms with Crippen molar-refractivity contribution in [2.45, 2.75) is 39.0 Å². The van der Waals surface area contributed by atoms with Gasteiger partial charge in [0, 0.05) is 0 Å². The van der Waals surface area contributed by atoms with E-state index in [1.165, 1.54) is 6.92 Å². The number of unbranched alkanes of at least 4 members (excludes halogenated alkanes) is 3. The molecular formula is C10H17NO6. The third-order valence-electron chi connectivity index (χ3n) is 1.89. The van der Waals surface area contributed by atoms with E-state index in [1.54, 1.807) is 0 Å². The van der Waals surface area contributed by atoms with Crippen molar-refractivity contribution in [2.24, 2.45) is 0 Å². The molecule has 0 aromatic carbocycles. The molecule has 0 aliphatic carbocycles. The van der Waals surface area contributed by atoms with Gasteiger partial charge in [0.05, 0.1) is 13.2 Å². The molecule has 0 aliphatic rings. The molecular weight excluding hydrogens is 230 g/mol. The Bertz CT molecular complexity index is 266. The summed E-state index contributed by atoms with van der Waals surface area (Å²) in [5.41, 5.74) is 0. The first-order chi connectivity index (χ1) is 8.02. The van der Waals surface area contributed by atoms with E-state index in [2.05, 4.69) is 4.84 Å². The Balaban J connectivity index is 3.21. The summed E-state index contributed by atoms with van der Waals surface area (Å²) < 4.78 is 4.80. The maximum Gasteiger partial charge on any atom is 0.313 e. The van der Waals surface area contributed by atoms with Gasteiger partial charge in [-0.25, -0.2) is 0 Å². The molecule has 0 rings (SSSR count). The van der Waals surface area contributed by atoms with Crippen molar-refractivity contribution < 1.29 is 24.3 Å². The molecule has 0 fully saturated rings. The topological polar surface area (TPSA) is 95.7 Å². The summed E-state index contributed by atoms with van der Waals surface area (Å²) in [6.45, 7) is 1.70. The molecule has 0 atom stereocenters. The van der Waals surface area contributed by atoms with Crippen LogP contribution in [0.3, 0.4) is 0 Å². The Kier molecular flexibility index (Phi) is 8.62. The molecule has 7 heteroatoms. The van der Waals surface area contributed by atoms with Gasteiger partial charge in [-0.1, -0.05) is 6.42 Å². The predicted molar refractivity (Wildman–Crippen MR) is 57.7 cm³/mol. The molecule has 0 heterocycles. The highest BCUT2D eigenvalue weighted by molar-refractivity contribution is 5.94. The number of ketones is 1. The number of rotatable bonds is 10. The van der Waals surface area contributed by atoms with Crippen molar-refractivity contribution in [3.05, 3.63) is 10.1 Å². The molecule has 98 valence electrons. The number of esters is 1. The van der Waals surface area contributed by atoms with Crippen LogP contribution in [0.15, 0.2) is 0 Å². The van der Waals surface area contributed by atoms with Crippen LogP contribution in [-0.2, 0) is 19.2 Å². The van der Waals surface area contributed by atoms with E-state index < -0.39 is 11.1 Å². The van der Waals surface area contributed by atoms with Crippen LogP contribution >= 0.6 is 0 Å². The van der Waals surface area contributed by atoms with Crippen LogP contribution in [0.2, 0.25) is 0 Å². The fraction of sp³-hybridized carbons (Fsp3) is 0.800. The highest BCUT2D eigenvalue weighted by Crippen LogP contribution is 2.01. The minimum atomic E-state index is -0.816. The fourth-order valence-corrected chi connectivity index (χ4v) is 1.14. The maximum absolute atomic E-state index is 10.9. The largest absolute Gasteiger partial charge is 0.465 e. The van der Waals surface area contributed by atoms with Crippen molar-refractivity contribution in [1.29, 1.82) is 0 Å². The van der Waals surface area contributed by atoms with Crippen molar-refractivity contribution in [1.82, 2.24) is 0 Å². The van der Waals surface area contributed by atoms with E-state index in [0.717, 1.165) is 12.8 Å². The summed E-state index contributed by atoms with van der Waals surface area (Å²) in [4.78, 5) is 35.4. The van der Waals surface area contributed by atoms with Crippen LogP contribution in [0.4, 0.5) is 0 Å². The quantitative estimate of drug-likeness (QED) is 0.190. The van der Waals surface area contributed by atoms with Crippen molar-refractivity contribution in [3.8, 4) is 0 Å². The normalized spacial score (nSPS) is 9.71. The third kappa shape index (κ3) is 12.3. The number of hydrogen-bond donors (Lipinski definition) is 0. The first kappa shape index (κ1) is 15.3. The van der Waals surface area contributed by atoms with Crippen LogP contribution < -0.4 is 0 Å². The average Bonchev–Trinajstić information content (AvgIpc) is 2.20. The number of hydrogen-bond acceptors (Lipinski definition) is 6. The summed E-state index contributed by atoms with van der Waals surface area (Å²) >= 11 is 0. The van der Waals surface area contributed by atoms with Gasteiger partial charge in [0.1, 0.15) is 12.2 Å². The van der Waals surface area contributed by atoms with Gasteiger partial charge in [-0.3, -0.25) is 9.59 Å². The molecule has 7 nitrogen and oxygen atoms in total. The Morgan fingerprint density at radius 1 is 1.12 bits per heavy atom. The smallest absolute Gasteiger partial charge is 0.313 e. The van der Waals surface area contributed by atoms with Gasteiger partial charge < -0.3 is 9.57 Å². The highest BCUT2D eigenvalue weighted by atomic mass is 16.9. The monoisotopic (exact) mass is 247 g/mol. The Labute approximate surface area is 99.2 Å². The summed E-state index contributed by atoms with van der Waals surface area (Å²) in [7, 11) is 0. The minimum Gasteiger partial charge on any atom is -0.465 e.